The molecular weight excluding hydrogens is 349 g/mol. The highest BCUT2D eigenvalue weighted by atomic mass is 35.5. The van der Waals surface area contributed by atoms with Crippen LogP contribution in [-0.2, 0) is 4.84 Å². The Labute approximate surface area is 148 Å². The van der Waals surface area contributed by atoms with E-state index in [0.717, 1.165) is 0 Å². The van der Waals surface area contributed by atoms with Gasteiger partial charge in [0.25, 0.3) is 0 Å². The predicted octanol–water partition coefficient (Wildman–Crippen LogP) is 4.18. The number of hydrogen-bond donors (Lipinski definition) is 0. The van der Waals surface area contributed by atoms with Gasteiger partial charge in [0.2, 0.25) is 11.4 Å². The summed E-state index contributed by atoms with van der Waals surface area (Å²) in [6.07, 6.45) is 0. The molecule has 1 heterocycles. The van der Waals surface area contributed by atoms with Gasteiger partial charge < -0.3 is 4.84 Å². The monoisotopic (exact) mass is 359 g/mol. The Kier molecular flexibility index (Phi) is 3.31. The minimum Gasteiger partial charge on any atom is -0.380 e. The van der Waals surface area contributed by atoms with Crippen LogP contribution < -0.4 is 0 Å². The molecule has 2 aliphatic rings. The highest BCUT2D eigenvalue weighted by Gasteiger charge is 2.59. The zero-order chi connectivity index (χ0) is 17.1. The van der Waals surface area contributed by atoms with Gasteiger partial charge in [-0.25, -0.2) is 0 Å². The van der Waals surface area contributed by atoms with Gasteiger partial charge in [0.05, 0.1) is 10.0 Å². The number of carbonyl (C=O) groups excluding carboxylic acids is 2. The van der Waals surface area contributed by atoms with Crippen molar-refractivity contribution in [2.24, 2.45) is 11.1 Å². The summed E-state index contributed by atoms with van der Waals surface area (Å²) < 4.78 is 0. The maximum absolute atomic E-state index is 13.1. The first-order valence-electron chi connectivity index (χ1n) is 7.33. The van der Waals surface area contributed by atoms with Crippen LogP contribution in [0.4, 0.5) is 0 Å². The molecule has 2 atom stereocenters. The van der Waals surface area contributed by atoms with E-state index in [1.165, 1.54) is 0 Å². The van der Waals surface area contributed by atoms with E-state index in [4.69, 9.17) is 28.0 Å². The van der Waals surface area contributed by atoms with Crippen molar-refractivity contribution in [2.75, 3.05) is 0 Å². The van der Waals surface area contributed by atoms with Gasteiger partial charge >= 0.3 is 0 Å². The Balaban J connectivity index is 1.92. The third kappa shape index (κ3) is 1.90. The Morgan fingerprint density at radius 2 is 1.62 bits per heavy atom. The van der Waals surface area contributed by atoms with Gasteiger partial charge in [-0.2, -0.15) is 0 Å². The first kappa shape index (κ1) is 15.4. The number of rotatable bonds is 1. The molecule has 4 nitrogen and oxygen atoms in total. The molecule has 1 aliphatic carbocycles. The lowest BCUT2D eigenvalue weighted by molar-refractivity contribution is -0.0118. The maximum Gasteiger partial charge on any atom is 0.212 e. The molecule has 0 saturated carbocycles. The van der Waals surface area contributed by atoms with Crippen molar-refractivity contribution in [3.8, 4) is 0 Å². The van der Waals surface area contributed by atoms with Crippen molar-refractivity contribution < 1.29 is 14.4 Å². The lowest BCUT2D eigenvalue weighted by atomic mass is 9.69. The van der Waals surface area contributed by atoms with Gasteiger partial charge in [0, 0.05) is 16.7 Å². The van der Waals surface area contributed by atoms with Gasteiger partial charge in [-0.15, -0.1) is 0 Å². The zero-order valence-corrected chi connectivity index (χ0v) is 14.1. The molecule has 1 aliphatic heterocycles. The Bertz CT molecular complexity index is 917. The topological polar surface area (TPSA) is 55.7 Å². The molecule has 0 radical (unpaired) electrons. The molecule has 6 heteroatoms. The SMILES string of the molecule is CC12ON=C(c3c(Cl)cccc3Cl)C1C(=O)c1ccccc1C2=O. The van der Waals surface area contributed by atoms with Crippen LogP contribution in [0.3, 0.4) is 0 Å². The van der Waals surface area contributed by atoms with Crippen LogP contribution in [0.25, 0.3) is 0 Å². The van der Waals surface area contributed by atoms with Crippen molar-refractivity contribution in [2.45, 2.75) is 12.5 Å². The number of halogens is 2. The average molecular weight is 360 g/mol. The standard InChI is InChI=1S/C18H11Cl2NO3/c1-18-14(16(22)9-5-2-3-6-10(9)17(18)23)15(21-24-18)13-11(19)7-4-8-12(13)20/h2-8,14H,1H3. The number of carbonyl (C=O) groups is 2. The van der Waals surface area contributed by atoms with E-state index in [0.29, 0.717) is 32.4 Å². The van der Waals surface area contributed by atoms with Crippen LogP contribution in [0.1, 0.15) is 33.2 Å². The second-order valence-corrected chi connectivity index (χ2v) is 6.76. The van der Waals surface area contributed by atoms with Gasteiger partial charge in [-0.05, 0) is 19.1 Å². The van der Waals surface area contributed by atoms with Crippen LogP contribution in [0, 0.1) is 5.92 Å². The maximum atomic E-state index is 13.1. The average Bonchev–Trinajstić information content (AvgIpc) is 2.92. The van der Waals surface area contributed by atoms with Gasteiger partial charge in [-0.3, -0.25) is 9.59 Å². The Morgan fingerprint density at radius 3 is 2.29 bits per heavy atom. The Morgan fingerprint density at radius 1 is 1.00 bits per heavy atom. The van der Waals surface area contributed by atoms with E-state index in [9.17, 15) is 9.59 Å². The molecule has 120 valence electrons. The number of benzene rings is 2. The quantitative estimate of drug-likeness (QED) is 0.767. The first-order valence-corrected chi connectivity index (χ1v) is 8.09. The van der Waals surface area contributed by atoms with Crippen molar-refractivity contribution in [1.82, 2.24) is 0 Å². The summed E-state index contributed by atoms with van der Waals surface area (Å²) in [4.78, 5) is 31.4. The molecule has 4 rings (SSSR count). The fraction of sp³-hybridized carbons (Fsp3) is 0.167. The number of Topliss-reactive ketones (excluding diaryl/α,β-unsaturated/α-hetero) is 2. The summed E-state index contributed by atoms with van der Waals surface area (Å²) in [7, 11) is 0. The molecule has 2 aromatic carbocycles. The molecule has 24 heavy (non-hydrogen) atoms. The largest absolute Gasteiger partial charge is 0.380 e. The first-order chi connectivity index (χ1) is 11.4. The number of fused-ring (bicyclic) bond motifs is 2. The molecule has 0 N–H and O–H groups in total. The minimum atomic E-state index is -1.39. The van der Waals surface area contributed by atoms with Crippen molar-refractivity contribution in [1.29, 1.82) is 0 Å². The van der Waals surface area contributed by atoms with Gasteiger partial charge in [0.15, 0.2) is 5.78 Å². The van der Waals surface area contributed by atoms with E-state index in [1.54, 1.807) is 49.4 Å². The molecule has 0 saturated heterocycles. The molecular formula is C18H11Cl2NO3. The molecule has 0 spiro atoms. The summed E-state index contributed by atoms with van der Waals surface area (Å²) in [5, 5.41) is 4.74. The van der Waals surface area contributed by atoms with Crippen LogP contribution >= 0.6 is 23.2 Å². The van der Waals surface area contributed by atoms with Crippen molar-refractivity contribution in [3.05, 3.63) is 69.2 Å². The highest BCUT2D eigenvalue weighted by Crippen LogP contribution is 2.44. The third-order valence-corrected chi connectivity index (χ3v) is 5.16. The Hall–Kier alpha value is -2.17. The lowest BCUT2D eigenvalue weighted by Gasteiger charge is -2.32. The molecule has 0 fully saturated rings. The number of nitrogens with zero attached hydrogens (tertiary/aromatic N) is 1. The number of hydrogen-bond acceptors (Lipinski definition) is 4. The van der Waals surface area contributed by atoms with Crippen LogP contribution in [0.2, 0.25) is 10.0 Å². The van der Waals surface area contributed by atoms with Crippen LogP contribution in [-0.4, -0.2) is 22.9 Å². The van der Waals surface area contributed by atoms with Crippen LogP contribution in [0.15, 0.2) is 47.6 Å². The van der Waals surface area contributed by atoms with E-state index in [-0.39, 0.29) is 11.6 Å². The second-order valence-electron chi connectivity index (χ2n) is 5.94. The third-order valence-electron chi connectivity index (χ3n) is 4.53. The van der Waals surface area contributed by atoms with Crippen LogP contribution in [0.5, 0.6) is 0 Å². The number of oxime groups is 1. The van der Waals surface area contributed by atoms with E-state index < -0.39 is 11.5 Å². The fourth-order valence-corrected chi connectivity index (χ4v) is 3.90. The molecule has 2 unspecified atom stereocenters. The summed E-state index contributed by atoms with van der Waals surface area (Å²) in [6, 6.07) is 11.7. The fourth-order valence-electron chi connectivity index (χ4n) is 3.31. The van der Waals surface area contributed by atoms with Gasteiger partial charge in [-0.1, -0.05) is 58.7 Å². The lowest BCUT2D eigenvalue weighted by Crippen LogP contribution is -2.51. The van der Waals surface area contributed by atoms with Gasteiger partial charge in [0.1, 0.15) is 11.6 Å². The normalized spacial score (nSPS) is 25.0. The molecule has 0 aromatic heterocycles. The second kappa shape index (κ2) is 5.16. The zero-order valence-electron chi connectivity index (χ0n) is 12.5. The van der Waals surface area contributed by atoms with E-state index in [2.05, 4.69) is 5.16 Å². The van der Waals surface area contributed by atoms with E-state index in [1.807, 2.05) is 0 Å². The van der Waals surface area contributed by atoms with E-state index >= 15 is 0 Å². The smallest absolute Gasteiger partial charge is 0.212 e. The van der Waals surface area contributed by atoms with Crippen molar-refractivity contribution in [3.63, 3.8) is 0 Å². The summed E-state index contributed by atoms with van der Waals surface area (Å²) in [5.41, 5.74) is 0.0499. The summed E-state index contributed by atoms with van der Waals surface area (Å²) in [5.74, 6) is -1.37. The summed E-state index contributed by atoms with van der Waals surface area (Å²) in [6.45, 7) is 1.58. The molecule has 0 bridgehead atoms. The molecule has 2 aromatic rings. The number of ketones is 2. The molecule has 0 amide bonds. The summed E-state index contributed by atoms with van der Waals surface area (Å²) >= 11 is 12.5. The van der Waals surface area contributed by atoms with Crippen molar-refractivity contribution >= 4 is 40.5 Å². The highest BCUT2D eigenvalue weighted by molar-refractivity contribution is 6.42. The minimum absolute atomic E-state index is 0.222. The predicted molar refractivity (Wildman–Crippen MR) is 91.1 cm³/mol.